The number of carbonyl (C=O) groups is 1. The third-order valence-electron chi connectivity index (χ3n) is 3.74. The van der Waals surface area contributed by atoms with E-state index in [9.17, 15) is 10.1 Å². The Kier molecular flexibility index (Phi) is 5.32. The molecule has 0 fully saturated rings. The highest BCUT2D eigenvalue weighted by molar-refractivity contribution is 6.01. The van der Waals surface area contributed by atoms with Crippen LogP contribution in [0.1, 0.15) is 17.5 Å². The second-order valence-corrected chi connectivity index (χ2v) is 5.59. The first kappa shape index (κ1) is 16.6. The fraction of sp³-hybridized carbons (Fsp3) is 0.200. The first-order chi connectivity index (χ1) is 12.3. The fourth-order valence-electron chi connectivity index (χ4n) is 2.46. The SMILES string of the molecule is N#C/C(=C\c1ccc2c(c1)OCCCO2)C(=O)NCc1ccccc1. The lowest BCUT2D eigenvalue weighted by atomic mass is 10.1. The molecule has 0 unspecified atom stereocenters. The van der Waals surface area contributed by atoms with Crippen LogP contribution in [0.4, 0.5) is 0 Å². The average molecular weight is 334 g/mol. The van der Waals surface area contributed by atoms with Crippen molar-refractivity contribution in [1.82, 2.24) is 5.32 Å². The maximum absolute atomic E-state index is 12.2. The van der Waals surface area contributed by atoms with Gasteiger partial charge in [-0.2, -0.15) is 5.26 Å². The van der Waals surface area contributed by atoms with Crippen LogP contribution < -0.4 is 14.8 Å². The predicted molar refractivity (Wildman–Crippen MR) is 93.9 cm³/mol. The molecule has 25 heavy (non-hydrogen) atoms. The zero-order valence-corrected chi connectivity index (χ0v) is 13.7. The minimum atomic E-state index is -0.404. The van der Waals surface area contributed by atoms with Crippen molar-refractivity contribution < 1.29 is 14.3 Å². The molecule has 1 aliphatic rings. The molecule has 0 aliphatic carbocycles. The van der Waals surface area contributed by atoms with E-state index < -0.39 is 5.91 Å². The monoisotopic (exact) mass is 334 g/mol. The summed E-state index contributed by atoms with van der Waals surface area (Å²) in [7, 11) is 0. The van der Waals surface area contributed by atoms with Crippen LogP contribution in [-0.4, -0.2) is 19.1 Å². The van der Waals surface area contributed by atoms with Crippen molar-refractivity contribution in [3.63, 3.8) is 0 Å². The first-order valence-electron chi connectivity index (χ1n) is 8.10. The number of carbonyl (C=O) groups excluding carboxylic acids is 1. The van der Waals surface area contributed by atoms with Crippen molar-refractivity contribution in [2.75, 3.05) is 13.2 Å². The van der Waals surface area contributed by atoms with E-state index in [-0.39, 0.29) is 5.57 Å². The second kappa shape index (κ2) is 8.02. The normalized spacial score (nSPS) is 13.5. The van der Waals surface area contributed by atoms with Crippen LogP contribution in [-0.2, 0) is 11.3 Å². The van der Waals surface area contributed by atoms with E-state index in [0.717, 1.165) is 17.5 Å². The molecule has 3 rings (SSSR count). The molecule has 0 saturated heterocycles. The Balaban J connectivity index is 1.72. The number of benzene rings is 2. The summed E-state index contributed by atoms with van der Waals surface area (Å²) in [6, 6.07) is 16.9. The lowest BCUT2D eigenvalue weighted by molar-refractivity contribution is -0.117. The average Bonchev–Trinajstić information content (AvgIpc) is 2.90. The number of rotatable bonds is 4. The van der Waals surface area contributed by atoms with E-state index in [2.05, 4.69) is 5.32 Å². The quantitative estimate of drug-likeness (QED) is 0.689. The Morgan fingerprint density at radius 3 is 2.64 bits per heavy atom. The summed E-state index contributed by atoms with van der Waals surface area (Å²) in [6.45, 7) is 1.58. The molecule has 1 heterocycles. The molecule has 0 bridgehead atoms. The number of nitrogens with zero attached hydrogens (tertiary/aromatic N) is 1. The number of amides is 1. The van der Waals surface area contributed by atoms with E-state index in [1.54, 1.807) is 24.3 Å². The van der Waals surface area contributed by atoms with Gasteiger partial charge in [0.15, 0.2) is 11.5 Å². The Hall–Kier alpha value is -3.26. The third kappa shape index (κ3) is 4.39. The lowest BCUT2D eigenvalue weighted by Crippen LogP contribution is -2.23. The van der Waals surface area contributed by atoms with Gasteiger partial charge in [0.25, 0.3) is 5.91 Å². The molecule has 126 valence electrons. The van der Waals surface area contributed by atoms with Gasteiger partial charge in [-0.3, -0.25) is 4.79 Å². The Labute approximate surface area is 146 Å². The summed E-state index contributed by atoms with van der Waals surface area (Å²) in [5, 5.41) is 12.1. The van der Waals surface area contributed by atoms with Crippen LogP contribution in [0.3, 0.4) is 0 Å². The van der Waals surface area contributed by atoms with Crippen LogP contribution in [0.5, 0.6) is 11.5 Å². The Morgan fingerprint density at radius 2 is 1.88 bits per heavy atom. The third-order valence-corrected chi connectivity index (χ3v) is 3.74. The highest BCUT2D eigenvalue weighted by Crippen LogP contribution is 2.31. The van der Waals surface area contributed by atoms with E-state index >= 15 is 0 Å². The Bertz CT molecular complexity index is 823. The van der Waals surface area contributed by atoms with Gasteiger partial charge in [-0.05, 0) is 29.3 Å². The van der Waals surface area contributed by atoms with E-state index in [0.29, 0.717) is 31.3 Å². The van der Waals surface area contributed by atoms with Crippen molar-refractivity contribution in [3.8, 4) is 17.6 Å². The number of fused-ring (bicyclic) bond motifs is 1. The van der Waals surface area contributed by atoms with Crippen molar-refractivity contribution in [2.24, 2.45) is 0 Å². The summed E-state index contributed by atoms with van der Waals surface area (Å²) in [6.07, 6.45) is 2.38. The molecule has 0 atom stereocenters. The zero-order valence-electron chi connectivity index (χ0n) is 13.7. The Morgan fingerprint density at radius 1 is 1.12 bits per heavy atom. The topological polar surface area (TPSA) is 71.3 Å². The summed E-state index contributed by atoms with van der Waals surface area (Å²) in [5.74, 6) is 0.911. The highest BCUT2D eigenvalue weighted by Gasteiger charge is 2.12. The van der Waals surface area contributed by atoms with Crippen LogP contribution in [0.25, 0.3) is 6.08 Å². The molecule has 5 heteroatoms. The van der Waals surface area contributed by atoms with Gasteiger partial charge in [0.2, 0.25) is 0 Å². The zero-order chi connectivity index (χ0) is 17.5. The predicted octanol–water partition coefficient (Wildman–Crippen LogP) is 3.07. The van der Waals surface area contributed by atoms with E-state index in [1.165, 1.54) is 0 Å². The number of nitriles is 1. The first-order valence-corrected chi connectivity index (χ1v) is 8.10. The maximum Gasteiger partial charge on any atom is 0.262 e. The van der Waals surface area contributed by atoms with Gasteiger partial charge in [0.05, 0.1) is 13.2 Å². The number of nitrogens with one attached hydrogen (secondary N) is 1. The molecule has 0 aromatic heterocycles. The number of ether oxygens (including phenoxy) is 2. The standard InChI is InChI=1S/C20H18N2O3/c21-13-17(20(23)22-14-15-5-2-1-3-6-15)11-16-7-8-18-19(12-16)25-10-4-9-24-18/h1-3,5-8,11-12H,4,9-10,14H2,(H,22,23)/b17-11+. The molecule has 0 radical (unpaired) electrons. The van der Waals surface area contributed by atoms with Crippen molar-refractivity contribution in [3.05, 3.63) is 65.2 Å². The lowest BCUT2D eigenvalue weighted by Gasteiger charge is -2.08. The van der Waals surface area contributed by atoms with Gasteiger partial charge in [0.1, 0.15) is 11.6 Å². The van der Waals surface area contributed by atoms with Crippen LogP contribution in [0.2, 0.25) is 0 Å². The van der Waals surface area contributed by atoms with Gasteiger partial charge in [-0.25, -0.2) is 0 Å². The van der Waals surface area contributed by atoms with Crippen LogP contribution in [0, 0.1) is 11.3 Å². The minimum absolute atomic E-state index is 0.0467. The summed E-state index contributed by atoms with van der Waals surface area (Å²) < 4.78 is 11.2. The molecule has 2 aromatic rings. The summed E-state index contributed by atoms with van der Waals surface area (Å²) in [5.41, 5.74) is 1.74. The van der Waals surface area contributed by atoms with Gasteiger partial charge < -0.3 is 14.8 Å². The number of hydrogen-bond donors (Lipinski definition) is 1. The van der Waals surface area contributed by atoms with Gasteiger partial charge >= 0.3 is 0 Å². The number of hydrogen-bond acceptors (Lipinski definition) is 4. The molecule has 2 aromatic carbocycles. The molecule has 1 amide bonds. The molecular weight excluding hydrogens is 316 g/mol. The molecular formula is C20H18N2O3. The van der Waals surface area contributed by atoms with Gasteiger partial charge in [0, 0.05) is 13.0 Å². The van der Waals surface area contributed by atoms with Gasteiger partial charge in [-0.1, -0.05) is 36.4 Å². The summed E-state index contributed by atoms with van der Waals surface area (Å²) >= 11 is 0. The molecule has 1 N–H and O–H groups in total. The second-order valence-electron chi connectivity index (χ2n) is 5.59. The molecule has 0 saturated carbocycles. The van der Waals surface area contributed by atoms with Crippen LogP contribution >= 0.6 is 0 Å². The van der Waals surface area contributed by atoms with E-state index in [1.807, 2.05) is 36.4 Å². The fourth-order valence-corrected chi connectivity index (χ4v) is 2.46. The van der Waals surface area contributed by atoms with Gasteiger partial charge in [-0.15, -0.1) is 0 Å². The molecule has 1 aliphatic heterocycles. The molecule has 0 spiro atoms. The highest BCUT2D eigenvalue weighted by atomic mass is 16.5. The summed E-state index contributed by atoms with van der Waals surface area (Å²) in [4.78, 5) is 12.2. The van der Waals surface area contributed by atoms with Crippen molar-refractivity contribution in [1.29, 1.82) is 5.26 Å². The largest absolute Gasteiger partial charge is 0.490 e. The minimum Gasteiger partial charge on any atom is -0.490 e. The van der Waals surface area contributed by atoms with E-state index in [4.69, 9.17) is 9.47 Å². The van der Waals surface area contributed by atoms with Crippen molar-refractivity contribution in [2.45, 2.75) is 13.0 Å². The van der Waals surface area contributed by atoms with Crippen molar-refractivity contribution >= 4 is 12.0 Å². The van der Waals surface area contributed by atoms with Crippen LogP contribution in [0.15, 0.2) is 54.1 Å². The molecule has 5 nitrogen and oxygen atoms in total. The smallest absolute Gasteiger partial charge is 0.262 e. The maximum atomic E-state index is 12.2.